The lowest BCUT2D eigenvalue weighted by Gasteiger charge is -2.17. The Morgan fingerprint density at radius 3 is 2.56 bits per heavy atom. The van der Waals surface area contributed by atoms with Gasteiger partial charge in [-0.05, 0) is 19.0 Å². The molecule has 0 bridgehead atoms. The Labute approximate surface area is 106 Å². The lowest BCUT2D eigenvalue weighted by molar-refractivity contribution is -0.384. The molecule has 0 aromatic heterocycles. The average Bonchev–Trinajstić information content (AvgIpc) is 2.82. The molecular weight excluding hydrogens is 228 g/mol. The third-order valence-corrected chi connectivity index (χ3v) is 2.92. The van der Waals surface area contributed by atoms with Gasteiger partial charge in [-0.15, -0.1) is 0 Å². The molecule has 0 spiro atoms. The van der Waals surface area contributed by atoms with Gasteiger partial charge in [0.15, 0.2) is 0 Å². The van der Waals surface area contributed by atoms with E-state index in [0.717, 1.165) is 25.1 Å². The molecule has 0 aliphatic heterocycles. The number of nitro benzene ring substituents is 1. The fraction of sp³-hybridized carbons (Fsp3) is 0.286. The molecule has 94 valence electrons. The molecule has 1 aromatic carbocycles. The molecular formula is C14H16N2O2. The number of rotatable bonds is 5. The van der Waals surface area contributed by atoms with E-state index in [-0.39, 0.29) is 10.6 Å². The van der Waals surface area contributed by atoms with E-state index in [2.05, 4.69) is 30.2 Å². The maximum absolute atomic E-state index is 10.5. The first-order valence-corrected chi connectivity index (χ1v) is 5.91. The van der Waals surface area contributed by atoms with E-state index in [0.29, 0.717) is 0 Å². The van der Waals surface area contributed by atoms with Crippen LogP contribution >= 0.6 is 0 Å². The van der Waals surface area contributed by atoms with E-state index >= 15 is 0 Å². The number of nitro groups is 1. The number of allylic oxidation sites excluding steroid dienone is 3. The summed E-state index contributed by atoms with van der Waals surface area (Å²) in [4.78, 5) is 12.4. The van der Waals surface area contributed by atoms with Crippen LogP contribution in [0.25, 0.3) is 0 Å². The standard InChI is InChI=1S/C14H16N2O2/c1-15(10-12-4-2-3-5-12)11-13-6-8-14(9-7-13)16(17)18/h2-4,6-9H,5,10-11H2,1H3. The van der Waals surface area contributed by atoms with Gasteiger partial charge in [-0.1, -0.05) is 35.9 Å². The highest BCUT2D eigenvalue weighted by Crippen LogP contribution is 2.15. The molecule has 2 rings (SSSR count). The summed E-state index contributed by atoms with van der Waals surface area (Å²) in [6.07, 6.45) is 7.40. The predicted molar refractivity (Wildman–Crippen MR) is 71.3 cm³/mol. The van der Waals surface area contributed by atoms with Gasteiger partial charge in [0.05, 0.1) is 4.92 Å². The van der Waals surface area contributed by atoms with Crippen molar-refractivity contribution in [3.63, 3.8) is 0 Å². The molecule has 1 aromatic rings. The minimum absolute atomic E-state index is 0.143. The zero-order chi connectivity index (χ0) is 13.0. The number of likely N-dealkylation sites (N-methyl/N-ethyl adjacent to an activating group) is 1. The van der Waals surface area contributed by atoms with Gasteiger partial charge in [-0.3, -0.25) is 15.0 Å². The van der Waals surface area contributed by atoms with Crippen molar-refractivity contribution in [3.8, 4) is 0 Å². The van der Waals surface area contributed by atoms with Gasteiger partial charge in [0, 0.05) is 25.2 Å². The maximum Gasteiger partial charge on any atom is 0.269 e. The molecule has 0 atom stereocenters. The van der Waals surface area contributed by atoms with Gasteiger partial charge in [0.25, 0.3) is 5.69 Å². The van der Waals surface area contributed by atoms with Crippen LogP contribution in [0.1, 0.15) is 12.0 Å². The summed E-state index contributed by atoms with van der Waals surface area (Å²) < 4.78 is 0. The molecule has 0 radical (unpaired) electrons. The number of nitrogens with zero attached hydrogens (tertiary/aromatic N) is 2. The van der Waals surface area contributed by atoms with Crippen LogP contribution in [0.2, 0.25) is 0 Å². The summed E-state index contributed by atoms with van der Waals surface area (Å²) in [6.45, 7) is 1.74. The first-order valence-electron chi connectivity index (χ1n) is 5.91. The molecule has 0 unspecified atom stereocenters. The Morgan fingerprint density at radius 2 is 2.00 bits per heavy atom. The van der Waals surface area contributed by atoms with E-state index in [9.17, 15) is 10.1 Å². The van der Waals surface area contributed by atoms with Crippen molar-refractivity contribution < 1.29 is 4.92 Å². The van der Waals surface area contributed by atoms with Crippen molar-refractivity contribution in [2.75, 3.05) is 13.6 Å². The summed E-state index contributed by atoms with van der Waals surface area (Å²) in [5, 5.41) is 10.5. The Bertz CT molecular complexity index is 489. The van der Waals surface area contributed by atoms with Crippen LogP contribution in [0.15, 0.2) is 48.1 Å². The Kier molecular flexibility index (Phi) is 3.89. The zero-order valence-corrected chi connectivity index (χ0v) is 10.4. The molecule has 4 nitrogen and oxygen atoms in total. The third-order valence-electron chi connectivity index (χ3n) is 2.92. The molecule has 0 amide bonds. The van der Waals surface area contributed by atoms with E-state index in [1.165, 1.54) is 5.57 Å². The molecule has 1 aliphatic rings. The number of benzene rings is 1. The van der Waals surface area contributed by atoms with Crippen molar-refractivity contribution in [1.29, 1.82) is 0 Å². The van der Waals surface area contributed by atoms with E-state index in [1.807, 2.05) is 12.1 Å². The quantitative estimate of drug-likeness (QED) is 0.591. The monoisotopic (exact) mass is 244 g/mol. The third kappa shape index (κ3) is 3.28. The summed E-state index contributed by atoms with van der Waals surface area (Å²) in [7, 11) is 2.06. The molecule has 0 fully saturated rings. The van der Waals surface area contributed by atoms with Crippen molar-refractivity contribution >= 4 is 5.69 Å². The van der Waals surface area contributed by atoms with Gasteiger partial charge in [-0.2, -0.15) is 0 Å². The SMILES string of the molecule is CN(CC1=CC=CC1)Cc1ccc([N+](=O)[O-])cc1. The zero-order valence-electron chi connectivity index (χ0n) is 10.4. The summed E-state index contributed by atoms with van der Waals surface area (Å²) >= 11 is 0. The Balaban J connectivity index is 1.90. The summed E-state index contributed by atoms with van der Waals surface area (Å²) in [5.41, 5.74) is 2.64. The number of hydrogen-bond acceptors (Lipinski definition) is 3. The second kappa shape index (κ2) is 5.60. The van der Waals surface area contributed by atoms with Crippen LogP contribution in [-0.2, 0) is 6.54 Å². The normalized spacial score (nSPS) is 14.0. The summed E-state index contributed by atoms with van der Waals surface area (Å²) in [6, 6.07) is 6.74. The molecule has 0 heterocycles. The first kappa shape index (κ1) is 12.5. The van der Waals surface area contributed by atoms with Crippen LogP contribution in [0.3, 0.4) is 0 Å². The average molecular weight is 244 g/mol. The predicted octanol–water partition coefficient (Wildman–Crippen LogP) is 2.91. The van der Waals surface area contributed by atoms with Gasteiger partial charge in [0.2, 0.25) is 0 Å². The fourth-order valence-electron chi connectivity index (χ4n) is 2.05. The molecule has 0 saturated carbocycles. The molecule has 0 saturated heterocycles. The Hall–Kier alpha value is -1.94. The number of non-ortho nitro benzene ring substituents is 1. The van der Waals surface area contributed by atoms with Crippen LogP contribution in [0.4, 0.5) is 5.69 Å². The van der Waals surface area contributed by atoms with Crippen molar-refractivity contribution in [3.05, 3.63) is 63.7 Å². The van der Waals surface area contributed by atoms with Crippen LogP contribution in [0, 0.1) is 10.1 Å². The number of hydrogen-bond donors (Lipinski definition) is 0. The minimum atomic E-state index is -0.373. The van der Waals surface area contributed by atoms with Crippen LogP contribution in [0.5, 0.6) is 0 Å². The van der Waals surface area contributed by atoms with Gasteiger partial charge < -0.3 is 0 Å². The van der Waals surface area contributed by atoms with E-state index < -0.39 is 0 Å². The van der Waals surface area contributed by atoms with E-state index in [1.54, 1.807) is 12.1 Å². The highest BCUT2D eigenvalue weighted by Gasteiger charge is 2.07. The van der Waals surface area contributed by atoms with Gasteiger partial charge in [-0.25, -0.2) is 0 Å². The van der Waals surface area contributed by atoms with Crippen molar-refractivity contribution in [2.45, 2.75) is 13.0 Å². The van der Waals surface area contributed by atoms with Crippen molar-refractivity contribution in [1.82, 2.24) is 4.90 Å². The molecule has 18 heavy (non-hydrogen) atoms. The second-order valence-corrected chi connectivity index (χ2v) is 4.55. The largest absolute Gasteiger partial charge is 0.298 e. The second-order valence-electron chi connectivity index (χ2n) is 4.55. The smallest absolute Gasteiger partial charge is 0.269 e. The van der Waals surface area contributed by atoms with Crippen LogP contribution < -0.4 is 0 Å². The topological polar surface area (TPSA) is 46.4 Å². The van der Waals surface area contributed by atoms with Crippen molar-refractivity contribution in [2.24, 2.45) is 0 Å². The lowest BCUT2D eigenvalue weighted by Crippen LogP contribution is -2.20. The molecule has 4 heteroatoms. The summed E-state index contributed by atoms with van der Waals surface area (Å²) in [5.74, 6) is 0. The lowest BCUT2D eigenvalue weighted by atomic mass is 10.1. The van der Waals surface area contributed by atoms with Gasteiger partial charge in [0.1, 0.15) is 0 Å². The minimum Gasteiger partial charge on any atom is -0.298 e. The molecule has 1 aliphatic carbocycles. The fourth-order valence-corrected chi connectivity index (χ4v) is 2.05. The van der Waals surface area contributed by atoms with E-state index in [4.69, 9.17) is 0 Å². The Morgan fingerprint density at radius 1 is 1.28 bits per heavy atom. The molecule has 0 N–H and O–H groups in total. The van der Waals surface area contributed by atoms with Crippen LogP contribution in [-0.4, -0.2) is 23.4 Å². The highest BCUT2D eigenvalue weighted by atomic mass is 16.6. The highest BCUT2D eigenvalue weighted by molar-refractivity contribution is 5.33. The van der Waals surface area contributed by atoms with Gasteiger partial charge >= 0.3 is 0 Å². The maximum atomic E-state index is 10.5. The first-order chi connectivity index (χ1) is 8.65.